The Bertz CT molecular complexity index is 479. The molecule has 0 aromatic heterocycles. The van der Waals surface area contributed by atoms with E-state index in [1.807, 2.05) is 0 Å². The minimum Gasteiger partial charge on any atom is -0.331 e. The van der Waals surface area contributed by atoms with Crippen molar-refractivity contribution in [1.82, 2.24) is 5.32 Å². The quantitative estimate of drug-likeness (QED) is 0.0621. The SMILES string of the molecule is COC(CCCCCCCCCCC(C)CNCC(C)CCCCCCCCCCC(OC)(OC)OC)(OC)OC. The molecule has 0 fully saturated rings. The van der Waals surface area contributed by atoms with Crippen LogP contribution in [0.4, 0.5) is 0 Å². The fraction of sp³-hybridized carbons (Fsp3) is 1.00. The Morgan fingerprint density at radius 1 is 0.390 bits per heavy atom. The van der Waals surface area contributed by atoms with Crippen LogP contribution in [0.25, 0.3) is 0 Å². The van der Waals surface area contributed by atoms with Crippen molar-refractivity contribution in [3.8, 4) is 0 Å². The Kier molecular flexibility index (Phi) is 27.1. The zero-order chi connectivity index (χ0) is 30.7. The van der Waals surface area contributed by atoms with Crippen LogP contribution in [0.1, 0.15) is 142 Å². The van der Waals surface area contributed by atoms with Crippen LogP contribution in [0.15, 0.2) is 0 Å². The molecule has 0 aliphatic rings. The number of nitrogens with one attached hydrogen (secondary N) is 1. The summed E-state index contributed by atoms with van der Waals surface area (Å²) in [5, 5.41) is 3.74. The molecule has 0 amide bonds. The number of hydrogen-bond acceptors (Lipinski definition) is 7. The van der Waals surface area contributed by atoms with Gasteiger partial charge >= 0.3 is 0 Å². The predicted octanol–water partition coefficient (Wildman–Crippen LogP) is 8.84. The van der Waals surface area contributed by atoms with Crippen molar-refractivity contribution < 1.29 is 28.4 Å². The maximum absolute atomic E-state index is 5.36. The summed E-state index contributed by atoms with van der Waals surface area (Å²) in [4.78, 5) is 0. The fourth-order valence-electron chi connectivity index (χ4n) is 5.68. The van der Waals surface area contributed by atoms with Crippen LogP contribution in [0.3, 0.4) is 0 Å². The molecular formula is C34H71NO6. The van der Waals surface area contributed by atoms with E-state index in [-0.39, 0.29) is 0 Å². The summed E-state index contributed by atoms with van der Waals surface area (Å²) < 4.78 is 32.2. The van der Waals surface area contributed by atoms with E-state index in [9.17, 15) is 0 Å². The molecule has 2 unspecified atom stereocenters. The second-order valence-corrected chi connectivity index (χ2v) is 12.2. The molecule has 0 aliphatic heterocycles. The first-order valence-corrected chi connectivity index (χ1v) is 16.9. The highest BCUT2D eigenvalue weighted by molar-refractivity contribution is 4.63. The Morgan fingerprint density at radius 2 is 0.634 bits per heavy atom. The number of rotatable bonds is 32. The van der Waals surface area contributed by atoms with Gasteiger partial charge in [0.2, 0.25) is 0 Å². The van der Waals surface area contributed by atoms with Crippen LogP contribution in [0, 0.1) is 11.8 Å². The molecule has 0 saturated heterocycles. The van der Waals surface area contributed by atoms with Crippen LogP contribution in [0.2, 0.25) is 0 Å². The first kappa shape index (κ1) is 40.7. The van der Waals surface area contributed by atoms with Crippen molar-refractivity contribution in [2.24, 2.45) is 11.8 Å². The molecule has 0 aromatic rings. The number of methoxy groups -OCH3 is 6. The Labute approximate surface area is 255 Å². The average molecular weight is 590 g/mol. The van der Waals surface area contributed by atoms with Gasteiger partial charge in [0.05, 0.1) is 0 Å². The van der Waals surface area contributed by atoms with Crippen LogP contribution in [0.5, 0.6) is 0 Å². The van der Waals surface area contributed by atoms with E-state index in [4.69, 9.17) is 28.4 Å². The molecular weight excluding hydrogens is 518 g/mol. The van der Waals surface area contributed by atoms with Gasteiger partial charge in [-0.05, 0) is 50.6 Å². The normalized spacial score (nSPS) is 14.0. The zero-order valence-electron chi connectivity index (χ0n) is 28.7. The van der Waals surface area contributed by atoms with Crippen LogP contribution < -0.4 is 5.32 Å². The van der Waals surface area contributed by atoms with Gasteiger partial charge in [-0.3, -0.25) is 0 Å². The van der Waals surface area contributed by atoms with Crippen molar-refractivity contribution >= 4 is 0 Å². The van der Waals surface area contributed by atoms with Gasteiger partial charge in [0.25, 0.3) is 11.9 Å². The summed E-state index contributed by atoms with van der Waals surface area (Å²) in [6.45, 7) is 7.13. The Morgan fingerprint density at radius 3 is 0.902 bits per heavy atom. The van der Waals surface area contributed by atoms with Gasteiger partial charge in [-0.2, -0.15) is 0 Å². The summed E-state index contributed by atoms with van der Waals surface area (Å²) in [5.41, 5.74) is 0. The molecule has 0 aliphatic carbocycles. The first-order chi connectivity index (χ1) is 19.9. The zero-order valence-corrected chi connectivity index (χ0v) is 28.7. The van der Waals surface area contributed by atoms with Crippen molar-refractivity contribution in [2.45, 2.75) is 154 Å². The minimum absolute atomic E-state index is 0.778. The van der Waals surface area contributed by atoms with Crippen molar-refractivity contribution in [2.75, 3.05) is 55.7 Å². The maximum atomic E-state index is 5.36. The second kappa shape index (κ2) is 27.3. The lowest BCUT2D eigenvalue weighted by Crippen LogP contribution is -2.35. The molecule has 41 heavy (non-hydrogen) atoms. The third-order valence-corrected chi connectivity index (χ3v) is 8.71. The van der Waals surface area contributed by atoms with E-state index in [2.05, 4.69) is 19.2 Å². The average Bonchev–Trinajstić information content (AvgIpc) is 2.99. The Balaban J connectivity index is 3.49. The molecule has 0 saturated carbocycles. The van der Waals surface area contributed by atoms with Crippen molar-refractivity contribution in [1.29, 1.82) is 0 Å². The van der Waals surface area contributed by atoms with Gasteiger partial charge < -0.3 is 33.7 Å². The highest BCUT2D eigenvalue weighted by atomic mass is 16.9. The topological polar surface area (TPSA) is 67.4 Å². The van der Waals surface area contributed by atoms with Gasteiger partial charge in [-0.15, -0.1) is 0 Å². The van der Waals surface area contributed by atoms with E-state index in [1.165, 1.54) is 103 Å². The third-order valence-electron chi connectivity index (χ3n) is 8.71. The highest BCUT2D eigenvalue weighted by Gasteiger charge is 2.29. The van der Waals surface area contributed by atoms with Crippen molar-refractivity contribution in [3.63, 3.8) is 0 Å². The molecule has 0 heterocycles. The summed E-state index contributed by atoms with van der Waals surface area (Å²) in [6.07, 6.45) is 25.0. The molecule has 0 aromatic carbocycles. The molecule has 0 bridgehead atoms. The Hall–Kier alpha value is -0.280. The van der Waals surface area contributed by atoms with Gasteiger partial charge in [0.1, 0.15) is 0 Å². The molecule has 7 heteroatoms. The molecule has 2 atom stereocenters. The summed E-state index contributed by atoms with van der Waals surface area (Å²) in [7, 11) is 9.83. The summed E-state index contributed by atoms with van der Waals surface area (Å²) >= 11 is 0. The first-order valence-electron chi connectivity index (χ1n) is 16.9. The van der Waals surface area contributed by atoms with E-state index in [0.29, 0.717) is 0 Å². The standard InChI is InChI=1S/C34H71NO6/c1-31(25-21-17-13-9-11-15-19-23-27-33(36-3,37-4)38-5)29-35-30-32(2)26-22-18-14-10-12-16-20-24-28-34(39-6,40-7)41-8/h31-32,35H,9-30H2,1-8H3. The maximum Gasteiger partial charge on any atom is 0.282 e. The van der Waals surface area contributed by atoms with Crippen LogP contribution in [-0.4, -0.2) is 67.7 Å². The third kappa shape index (κ3) is 21.1. The fourth-order valence-corrected chi connectivity index (χ4v) is 5.68. The molecule has 0 rings (SSSR count). The smallest absolute Gasteiger partial charge is 0.282 e. The molecule has 1 N–H and O–H groups in total. The molecule has 0 spiro atoms. The number of hydrogen-bond donors (Lipinski definition) is 1. The number of unbranched alkanes of at least 4 members (excludes halogenated alkanes) is 14. The number of ether oxygens (including phenoxy) is 6. The van der Waals surface area contributed by atoms with E-state index < -0.39 is 11.9 Å². The van der Waals surface area contributed by atoms with E-state index in [0.717, 1.165) is 50.6 Å². The summed E-state index contributed by atoms with van der Waals surface area (Å²) in [5.74, 6) is -0.167. The largest absolute Gasteiger partial charge is 0.331 e. The van der Waals surface area contributed by atoms with Gasteiger partial charge in [0.15, 0.2) is 0 Å². The van der Waals surface area contributed by atoms with Gasteiger partial charge in [-0.1, -0.05) is 104 Å². The molecule has 0 radical (unpaired) electrons. The predicted molar refractivity (Wildman–Crippen MR) is 171 cm³/mol. The monoisotopic (exact) mass is 590 g/mol. The van der Waals surface area contributed by atoms with E-state index >= 15 is 0 Å². The molecule has 7 nitrogen and oxygen atoms in total. The van der Waals surface area contributed by atoms with Crippen molar-refractivity contribution in [3.05, 3.63) is 0 Å². The lowest BCUT2D eigenvalue weighted by Gasteiger charge is -2.28. The minimum atomic E-state index is -0.861. The van der Waals surface area contributed by atoms with E-state index in [1.54, 1.807) is 42.7 Å². The lowest BCUT2D eigenvalue weighted by molar-refractivity contribution is -0.355. The van der Waals surface area contributed by atoms with Gasteiger partial charge in [0, 0.05) is 55.5 Å². The second-order valence-electron chi connectivity index (χ2n) is 12.2. The van der Waals surface area contributed by atoms with Crippen LogP contribution in [-0.2, 0) is 28.4 Å². The highest BCUT2D eigenvalue weighted by Crippen LogP contribution is 2.23. The van der Waals surface area contributed by atoms with Gasteiger partial charge in [-0.25, -0.2) is 0 Å². The summed E-state index contributed by atoms with van der Waals surface area (Å²) in [6, 6.07) is 0. The lowest BCUT2D eigenvalue weighted by atomic mass is 9.99. The molecule has 248 valence electrons. The van der Waals surface area contributed by atoms with Crippen LogP contribution >= 0.6 is 0 Å².